The fraction of sp³-hybridized carbons (Fsp3) is 0.143. The van der Waals surface area contributed by atoms with Gasteiger partial charge in [-0.3, -0.25) is 4.79 Å². The molecule has 1 N–H and O–H groups in total. The van der Waals surface area contributed by atoms with Gasteiger partial charge < -0.3 is 9.73 Å². The van der Waals surface area contributed by atoms with Gasteiger partial charge in [-0.1, -0.05) is 0 Å². The fourth-order valence-corrected chi connectivity index (χ4v) is 1.73. The lowest BCUT2D eigenvalue weighted by atomic mass is 10.1. The van der Waals surface area contributed by atoms with Gasteiger partial charge in [0.2, 0.25) is 0 Å². The monoisotopic (exact) mass is 294 g/mol. The predicted octanol–water partition coefficient (Wildman–Crippen LogP) is 3.73. The van der Waals surface area contributed by atoms with Crippen LogP contribution in [-0.2, 0) is 6.18 Å². The van der Waals surface area contributed by atoms with E-state index < -0.39 is 17.6 Å². The Hall–Kier alpha value is -2.75. The molecule has 1 heterocycles. The highest BCUT2D eigenvalue weighted by molar-refractivity contribution is 6.05. The second-order valence-electron chi connectivity index (χ2n) is 4.21. The Kier molecular flexibility index (Phi) is 3.72. The van der Waals surface area contributed by atoms with Crippen LogP contribution in [0.2, 0.25) is 0 Å². The Labute approximate surface area is 117 Å². The third-order valence-electron chi connectivity index (χ3n) is 2.82. The fourth-order valence-electron chi connectivity index (χ4n) is 1.73. The molecule has 21 heavy (non-hydrogen) atoms. The number of hydrogen-bond acceptors (Lipinski definition) is 3. The molecule has 108 valence electrons. The number of alkyl halides is 3. The first-order chi connectivity index (χ1) is 9.82. The summed E-state index contributed by atoms with van der Waals surface area (Å²) in [7, 11) is 0. The highest BCUT2D eigenvalue weighted by Crippen LogP contribution is 2.31. The van der Waals surface area contributed by atoms with Crippen molar-refractivity contribution in [3.8, 4) is 6.07 Å². The second kappa shape index (κ2) is 5.32. The molecule has 0 spiro atoms. The number of furan rings is 1. The number of amides is 1. The normalized spacial score (nSPS) is 11.0. The third-order valence-corrected chi connectivity index (χ3v) is 2.82. The summed E-state index contributed by atoms with van der Waals surface area (Å²) in [5, 5.41) is 11.3. The minimum Gasteiger partial charge on any atom is -0.469 e. The van der Waals surface area contributed by atoms with Crippen LogP contribution in [0.5, 0.6) is 0 Å². The molecule has 0 saturated carbocycles. The van der Waals surface area contributed by atoms with Crippen molar-refractivity contribution >= 4 is 11.6 Å². The van der Waals surface area contributed by atoms with Gasteiger partial charge in [-0.15, -0.1) is 0 Å². The second-order valence-corrected chi connectivity index (χ2v) is 4.21. The van der Waals surface area contributed by atoms with Crippen LogP contribution in [0.4, 0.5) is 18.9 Å². The Morgan fingerprint density at radius 2 is 2.05 bits per heavy atom. The number of carbonyl (C=O) groups is 1. The summed E-state index contributed by atoms with van der Waals surface area (Å²) in [6.45, 7) is 1.58. The molecule has 0 aliphatic carbocycles. The first-order valence-corrected chi connectivity index (χ1v) is 5.79. The van der Waals surface area contributed by atoms with Crippen LogP contribution in [-0.4, -0.2) is 5.91 Å². The van der Waals surface area contributed by atoms with Crippen molar-refractivity contribution in [1.82, 2.24) is 0 Å². The molecule has 0 aliphatic rings. The van der Waals surface area contributed by atoms with Crippen molar-refractivity contribution < 1.29 is 22.4 Å². The Balaban J connectivity index is 2.31. The number of nitrogens with zero attached hydrogens (tertiary/aromatic N) is 1. The lowest BCUT2D eigenvalue weighted by Gasteiger charge is -2.10. The van der Waals surface area contributed by atoms with Crippen LogP contribution in [0.3, 0.4) is 0 Å². The lowest BCUT2D eigenvalue weighted by Crippen LogP contribution is -2.14. The molecule has 0 bridgehead atoms. The largest absolute Gasteiger partial charge is 0.469 e. The Bertz CT molecular complexity index is 727. The summed E-state index contributed by atoms with van der Waals surface area (Å²) in [6.07, 6.45) is -3.22. The lowest BCUT2D eigenvalue weighted by molar-refractivity contribution is -0.137. The van der Waals surface area contributed by atoms with Crippen molar-refractivity contribution in [3.63, 3.8) is 0 Å². The summed E-state index contributed by atoms with van der Waals surface area (Å²) < 4.78 is 42.7. The number of anilines is 1. The minimum absolute atomic E-state index is 0.0103. The molecule has 0 radical (unpaired) electrons. The van der Waals surface area contributed by atoms with Crippen LogP contribution in [0, 0.1) is 18.3 Å². The van der Waals surface area contributed by atoms with Crippen LogP contribution in [0.15, 0.2) is 34.9 Å². The summed E-state index contributed by atoms with van der Waals surface area (Å²) in [6, 6.07) is 5.61. The van der Waals surface area contributed by atoms with E-state index in [0.29, 0.717) is 11.8 Å². The van der Waals surface area contributed by atoms with Gasteiger partial charge in [-0.05, 0) is 31.2 Å². The molecule has 7 heteroatoms. The van der Waals surface area contributed by atoms with Crippen molar-refractivity contribution in [2.24, 2.45) is 0 Å². The van der Waals surface area contributed by atoms with Gasteiger partial charge in [0.05, 0.1) is 28.6 Å². The van der Waals surface area contributed by atoms with E-state index in [4.69, 9.17) is 9.68 Å². The van der Waals surface area contributed by atoms with Crippen molar-refractivity contribution in [3.05, 3.63) is 53.0 Å². The van der Waals surface area contributed by atoms with Gasteiger partial charge in [0.1, 0.15) is 11.8 Å². The van der Waals surface area contributed by atoms with Gasteiger partial charge in [0.15, 0.2) is 0 Å². The quantitative estimate of drug-likeness (QED) is 0.917. The van der Waals surface area contributed by atoms with Gasteiger partial charge in [-0.2, -0.15) is 18.4 Å². The van der Waals surface area contributed by atoms with E-state index in [1.54, 1.807) is 13.0 Å². The van der Waals surface area contributed by atoms with Crippen molar-refractivity contribution in [2.45, 2.75) is 13.1 Å². The highest BCUT2D eigenvalue weighted by Gasteiger charge is 2.31. The topological polar surface area (TPSA) is 66.0 Å². The maximum Gasteiger partial charge on any atom is 0.416 e. The molecular formula is C14H9F3N2O2. The van der Waals surface area contributed by atoms with Crippen LogP contribution in [0.25, 0.3) is 0 Å². The van der Waals surface area contributed by atoms with Gasteiger partial charge in [0, 0.05) is 0 Å². The predicted molar refractivity (Wildman–Crippen MR) is 67.6 cm³/mol. The van der Waals surface area contributed by atoms with Crippen LogP contribution < -0.4 is 5.32 Å². The molecule has 0 fully saturated rings. The average molecular weight is 294 g/mol. The van der Waals surface area contributed by atoms with E-state index in [9.17, 15) is 18.0 Å². The number of nitrogens with one attached hydrogen (secondary N) is 1. The number of hydrogen-bond donors (Lipinski definition) is 1. The molecule has 2 rings (SSSR count). The molecule has 2 aromatic rings. The molecule has 0 saturated heterocycles. The van der Waals surface area contributed by atoms with Crippen LogP contribution >= 0.6 is 0 Å². The highest BCUT2D eigenvalue weighted by atomic mass is 19.4. The molecule has 0 unspecified atom stereocenters. The molecule has 0 aliphatic heterocycles. The molecule has 1 amide bonds. The van der Waals surface area contributed by atoms with E-state index in [1.165, 1.54) is 12.3 Å². The average Bonchev–Trinajstić information content (AvgIpc) is 2.84. The van der Waals surface area contributed by atoms with Crippen LogP contribution in [0.1, 0.15) is 27.2 Å². The van der Waals surface area contributed by atoms with Crippen molar-refractivity contribution in [2.75, 3.05) is 5.32 Å². The minimum atomic E-state index is -4.55. The number of rotatable bonds is 2. The maximum absolute atomic E-state index is 12.6. The summed E-state index contributed by atoms with van der Waals surface area (Å²) in [5.41, 5.74) is -0.953. The van der Waals surface area contributed by atoms with E-state index in [2.05, 4.69) is 5.32 Å². The number of benzene rings is 1. The molecule has 4 nitrogen and oxygen atoms in total. The first-order valence-electron chi connectivity index (χ1n) is 5.79. The van der Waals surface area contributed by atoms with Gasteiger partial charge >= 0.3 is 6.18 Å². The number of carbonyl (C=O) groups excluding carboxylic acids is 1. The van der Waals surface area contributed by atoms with Crippen molar-refractivity contribution in [1.29, 1.82) is 5.26 Å². The van der Waals surface area contributed by atoms with E-state index >= 15 is 0 Å². The molecule has 1 aromatic heterocycles. The van der Waals surface area contributed by atoms with Gasteiger partial charge in [-0.25, -0.2) is 0 Å². The Morgan fingerprint density at radius 3 is 2.57 bits per heavy atom. The summed E-state index contributed by atoms with van der Waals surface area (Å²) in [4.78, 5) is 11.9. The molecule has 0 atom stereocenters. The zero-order chi connectivity index (χ0) is 15.6. The zero-order valence-electron chi connectivity index (χ0n) is 10.8. The third kappa shape index (κ3) is 3.05. The number of aryl methyl sites for hydroxylation is 1. The SMILES string of the molecule is Cc1occc1C(=O)Nc1ccc(C(F)(F)F)cc1C#N. The van der Waals surface area contributed by atoms with E-state index in [-0.39, 0.29) is 16.8 Å². The zero-order valence-corrected chi connectivity index (χ0v) is 10.8. The Morgan fingerprint density at radius 1 is 1.33 bits per heavy atom. The standard InChI is InChI=1S/C14H9F3N2O2/c1-8-11(4-5-21-8)13(20)19-12-3-2-10(14(15,16)17)6-9(12)7-18/h2-6H,1H3,(H,19,20). The first kappa shape index (κ1) is 14.7. The van der Waals surface area contributed by atoms with Gasteiger partial charge in [0.25, 0.3) is 5.91 Å². The summed E-state index contributed by atoms with van der Waals surface area (Å²) >= 11 is 0. The summed E-state index contributed by atoms with van der Waals surface area (Å²) in [5.74, 6) is -0.185. The number of halogens is 3. The van der Waals surface area contributed by atoms with E-state index in [1.807, 2.05) is 0 Å². The molecule has 1 aromatic carbocycles. The van der Waals surface area contributed by atoms with E-state index in [0.717, 1.165) is 12.1 Å². The smallest absolute Gasteiger partial charge is 0.416 e. The maximum atomic E-state index is 12.6. The molecular weight excluding hydrogens is 285 g/mol. The number of nitriles is 1.